The van der Waals surface area contributed by atoms with Gasteiger partial charge in [0.05, 0.1) is 5.69 Å². The van der Waals surface area contributed by atoms with Crippen LogP contribution in [-0.4, -0.2) is 71.1 Å². The molecule has 1 atom stereocenters. The monoisotopic (exact) mass is 387 g/mol. The second-order valence-corrected chi connectivity index (χ2v) is 8.28. The van der Waals surface area contributed by atoms with Crippen LogP contribution in [0.25, 0.3) is 6.08 Å². The topological polar surface area (TPSA) is 78.4 Å². The largest absolute Gasteiger partial charge is 0.341 e. The minimum Gasteiger partial charge on any atom is -0.341 e. The van der Waals surface area contributed by atoms with Crippen molar-refractivity contribution in [1.82, 2.24) is 20.2 Å². The lowest BCUT2D eigenvalue weighted by Crippen LogP contribution is -2.44. The summed E-state index contributed by atoms with van der Waals surface area (Å²) < 4.78 is 0. The van der Waals surface area contributed by atoms with Crippen molar-refractivity contribution in [2.75, 3.05) is 37.0 Å². The zero-order valence-corrected chi connectivity index (χ0v) is 16.2. The Bertz CT molecular complexity index is 727. The van der Waals surface area contributed by atoms with Crippen LogP contribution in [0.5, 0.6) is 0 Å². The average molecular weight is 388 g/mol. The fourth-order valence-corrected chi connectivity index (χ4v) is 5.09. The van der Waals surface area contributed by atoms with Crippen LogP contribution in [0.2, 0.25) is 0 Å². The highest BCUT2D eigenvalue weighted by atomic mass is 32.2. The van der Waals surface area contributed by atoms with Crippen molar-refractivity contribution in [1.29, 1.82) is 0 Å². The van der Waals surface area contributed by atoms with Crippen LogP contribution in [0.3, 0.4) is 0 Å². The number of rotatable bonds is 5. The molecule has 0 amide bonds. The molecule has 3 fully saturated rings. The molecular weight excluding hydrogens is 362 g/mol. The Morgan fingerprint density at radius 2 is 2.00 bits per heavy atom. The Labute approximate surface area is 163 Å². The summed E-state index contributed by atoms with van der Waals surface area (Å²) in [5.74, 6) is 0.931. The molecule has 0 spiro atoms. The molecule has 0 bridgehead atoms. The molecular formula is C19H25N5O2S. The summed E-state index contributed by atoms with van der Waals surface area (Å²) in [5.41, 5.74) is 0.775. The van der Waals surface area contributed by atoms with E-state index in [0.29, 0.717) is 18.2 Å². The fourth-order valence-electron chi connectivity index (χ4n) is 4.10. The van der Waals surface area contributed by atoms with Gasteiger partial charge in [-0.2, -0.15) is 0 Å². The number of anilines is 1. The van der Waals surface area contributed by atoms with Gasteiger partial charge in [0.1, 0.15) is 6.04 Å². The Kier molecular flexibility index (Phi) is 5.85. The molecule has 3 aliphatic rings. The molecule has 8 heteroatoms. The highest BCUT2D eigenvalue weighted by Crippen LogP contribution is 2.28. The molecule has 0 aromatic carbocycles. The molecule has 1 unspecified atom stereocenters. The third kappa shape index (κ3) is 4.23. The van der Waals surface area contributed by atoms with Gasteiger partial charge in [0.15, 0.2) is 6.29 Å². The first-order valence-electron chi connectivity index (χ1n) is 9.63. The minimum absolute atomic E-state index is 0.382. The van der Waals surface area contributed by atoms with E-state index in [-0.39, 0.29) is 0 Å². The van der Waals surface area contributed by atoms with E-state index in [2.05, 4.69) is 25.1 Å². The summed E-state index contributed by atoms with van der Waals surface area (Å²) in [4.78, 5) is 37.4. The Balaban J connectivity index is 1.43. The van der Waals surface area contributed by atoms with Crippen LogP contribution in [0.4, 0.5) is 5.95 Å². The molecule has 27 heavy (non-hydrogen) atoms. The average Bonchev–Trinajstić information content (AvgIpc) is 3.40. The van der Waals surface area contributed by atoms with Crippen LogP contribution in [0, 0.1) is 0 Å². The van der Waals surface area contributed by atoms with Gasteiger partial charge in [-0.25, -0.2) is 9.97 Å². The van der Waals surface area contributed by atoms with Crippen molar-refractivity contribution in [3.8, 4) is 0 Å². The number of piperidine rings is 1. The summed E-state index contributed by atoms with van der Waals surface area (Å²) in [7, 11) is 0. The molecule has 0 saturated carbocycles. The zero-order chi connectivity index (χ0) is 18.6. The minimum atomic E-state index is -0.540. The SMILES string of the molecule is O=CC(=O)C1NCS/C1=C\c1ccnc(N2CCC(N3CCCC3)CC2)n1. The molecule has 1 N–H and O–H groups in total. The summed E-state index contributed by atoms with van der Waals surface area (Å²) in [5, 5.41) is 3.04. The number of thioether (sulfide) groups is 1. The molecule has 3 aliphatic heterocycles. The summed E-state index contributed by atoms with van der Waals surface area (Å²) in [6.07, 6.45) is 9.02. The van der Waals surface area contributed by atoms with Crippen LogP contribution >= 0.6 is 11.8 Å². The molecule has 1 aromatic rings. The number of hydrogen-bond donors (Lipinski definition) is 1. The Morgan fingerprint density at radius 3 is 2.74 bits per heavy atom. The number of nitrogens with zero attached hydrogens (tertiary/aromatic N) is 4. The van der Waals surface area contributed by atoms with Crippen molar-refractivity contribution < 1.29 is 9.59 Å². The highest BCUT2D eigenvalue weighted by molar-refractivity contribution is 8.03. The van der Waals surface area contributed by atoms with Crippen LogP contribution in [0.15, 0.2) is 17.2 Å². The van der Waals surface area contributed by atoms with Crippen LogP contribution in [-0.2, 0) is 9.59 Å². The first-order valence-corrected chi connectivity index (χ1v) is 10.6. The van der Waals surface area contributed by atoms with E-state index < -0.39 is 11.8 Å². The quantitative estimate of drug-likeness (QED) is 0.599. The number of aromatic nitrogens is 2. The normalized spacial score (nSPS) is 26.0. The van der Waals surface area contributed by atoms with Crippen molar-refractivity contribution in [3.63, 3.8) is 0 Å². The van der Waals surface area contributed by atoms with Gasteiger partial charge in [-0.05, 0) is 50.9 Å². The van der Waals surface area contributed by atoms with Crippen LogP contribution < -0.4 is 10.2 Å². The predicted molar refractivity (Wildman–Crippen MR) is 107 cm³/mol. The molecule has 4 heterocycles. The van der Waals surface area contributed by atoms with Crippen LogP contribution in [0.1, 0.15) is 31.4 Å². The molecule has 4 rings (SSSR count). The number of carbonyl (C=O) groups excluding carboxylic acids is 2. The molecule has 7 nitrogen and oxygen atoms in total. The Morgan fingerprint density at radius 1 is 1.22 bits per heavy atom. The number of hydrogen-bond acceptors (Lipinski definition) is 8. The van der Waals surface area contributed by atoms with E-state index in [1.54, 1.807) is 6.20 Å². The number of Topliss-reactive ketones (excluding diaryl/α,β-unsaturated/α-hetero) is 1. The number of likely N-dealkylation sites (tertiary alicyclic amines) is 1. The molecule has 0 radical (unpaired) electrons. The lowest BCUT2D eigenvalue weighted by Gasteiger charge is -2.36. The van der Waals surface area contributed by atoms with E-state index in [1.165, 1.54) is 37.7 Å². The summed E-state index contributed by atoms with van der Waals surface area (Å²) >= 11 is 1.54. The van der Waals surface area contributed by atoms with Gasteiger partial charge in [0, 0.05) is 36.1 Å². The van der Waals surface area contributed by atoms with Gasteiger partial charge in [-0.1, -0.05) is 0 Å². The van der Waals surface area contributed by atoms with E-state index in [0.717, 1.165) is 42.5 Å². The van der Waals surface area contributed by atoms with E-state index in [4.69, 9.17) is 0 Å². The molecule has 0 aliphatic carbocycles. The van der Waals surface area contributed by atoms with E-state index >= 15 is 0 Å². The maximum atomic E-state index is 11.7. The summed E-state index contributed by atoms with van der Waals surface area (Å²) in [6, 6.07) is 2.00. The third-order valence-electron chi connectivity index (χ3n) is 5.57. The molecule has 144 valence electrons. The lowest BCUT2D eigenvalue weighted by molar-refractivity contribution is -0.130. The van der Waals surface area contributed by atoms with Gasteiger partial charge in [-0.15, -0.1) is 11.8 Å². The first kappa shape index (κ1) is 18.6. The molecule has 3 saturated heterocycles. The summed E-state index contributed by atoms with van der Waals surface area (Å²) in [6.45, 7) is 4.45. The van der Waals surface area contributed by atoms with E-state index in [1.807, 2.05) is 12.1 Å². The third-order valence-corrected chi connectivity index (χ3v) is 6.57. The zero-order valence-electron chi connectivity index (χ0n) is 15.3. The lowest BCUT2D eigenvalue weighted by atomic mass is 10.0. The van der Waals surface area contributed by atoms with Gasteiger partial charge >= 0.3 is 0 Å². The number of nitrogens with one attached hydrogen (secondary N) is 1. The van der Waals surface area contributed by atoms with Crippen molar-refractivity contribution >= 4 is 35.9 Å². The smallest absolute Gasteiger partial charge is 0.225 e. The first-order chi connectivity index (χ1) is 13.2. The second kappa shape index (κ2) is 8.50. The Hall–Kier alpha value is -1.77. The number of carbonyl (C=O) groups is 2. The standard InChI is InChI=1S/C19H25N5O2S/c25-12-16(26)18-17(27-13-21-18)11-14-3-6-20-19(22-14)24-9-4-15(5-10-24)23-7-1-2-8-23/h3,6,11-12,15,18,21H,1-2,4-5,7-10,13H2/b17-11-. The second-order valence-electron chi connectivity index (χ2n) is 7.24. The molecule has 1 aromatic heterocycles. The van der Waals surface area contributed by atoms with Gasteiger partial charge < -0.3 is 9.80 Å². The fraction of sp³-hybridized carbons (Fsp3) is 0.579. The predicted octanol–water partition coefficient (Wildman–Crippen LogP) is 1.31. The van der Waals surface area contributed by atoms with Crippen molar-refractivity contribution in [3.05, 3.63) is 22.9 Å². The van der Waals surface area contributed by atoms with Crippen molar-refractivity contribution in [2.24, 2.45) is 0 Å². The maximum absolute atomic E-state index is 11.7. The van der Waals surface area contributed by atoms with Crippen molar-refractivity contribution in [2.45, 2.75) is 37.8 Å². The van der Waals surface area contributed by atoms with Gasteiger partial charge in [0.2, 0.25) is 11.7 Å². The maximum Gasteiger partial charge on any atom is 0.225 e. The van der Waals surface area contributed by atoms with Gasteiger partial charge in [-0.3, -0.25) is 14.9 Å². The number of aldehydes is 1. The van der Waals surface area contributed by atoms with Gasteiger partial charge in [0.25, 0.3) is 0 Å². The number of ketones is 1. The highest BCUT2D eigenvalue weighted by Gasteiger charge is 2.29. The van der Waals surface area contributed by atoms with E-state index in [9.17, 15) is 9.59 Å².